The molecule has 6 nitrogen and oxygen atoms in total. The summed E-state index contributed by atoms with van der Waals surface area (Å²) in [6.07, 6.45) is 3.81. The zero-order valence-corrected chi connectivity index (χ0v) is 11.3. The lowest BCUT2D eigenvalue weighted by atomic mass is 10.0. The average molecular weight is 268 g/mol. The molecule has 0 spiro atoms. The van der Waals surface area contributed by atoms with Crippen molar-refractivity contribution in [3.63, 3.8) is 0 Å². The van der Waals surface area contributed by atoms with Crippen molar-refractivity contribution >= 4 is 5.91 Å². The van der Waals surface area contributed by atoms with E-state index in [2.05, 4.69) is 10.3 Å². The van der Waals surface area contributed by atoms with E-state index in [1.807, 2.05) is 0 Å². The van der Waals surface area contributed by atoms with Crippen LogP contribution in [0.15, 0.2) is 10.8 Å². The van der Waals surface area contributed by atoms with Gasteiger partial charge in [0, 0.05) is 7.11 Å². The molecular weight excluding hydrogens is 248 g/mol. The molecule has 0 unspecified atom stereocenters. The summed E-state index contributed by atoms with van der Waals surface area (Å²) in [5.41, 5.74) is 0.545. The van der Waals surface area contributed by atoms with E-state index in [-0.39, 0.29) is 23.8 Å². The average Bonchev–Trinajstić information content (AvgIpc) is 2.75. The molecule has 6 heteroatoms. The Kier molecular flexibility index (Phi) is 4.55. The summed E-state index contributed by atoms with van der Waals surface area (Å²) < 4.78 is 10.3. The van der Waals surface area contributed by atoms with Crippen LogP contribution in [0.3, 0.4) is 0 Å². The van der Waals surface area contributed by atoms with Gasteiger partial charge in [0.05, 0.1) is 17.8 Å². The molecule has 1 aliphatic carbocycles. The molecular formula is C13H20N2O4. The number of nitrogens with one attached hydrogen (secondary N) is 1. The molecule has 0 aliphatic heterocycles. The number of methoxy groups -OCH3 is 1. The molecule has 0 radical (unpaired) electrons. The van der Waals surface area contributed by atoms with Crippen LogP contribution in [0.25, 0.3) is 0 Å². The number of aryl methyl sites for hydroxylation is 1. The smallest absolute Gasteiger partial charge is 0.289 e. The first kappa shape index (κ1) is 14.0. The van der Waals surface area contributed by atoms with Crippen molar-refractivity contribution in [1.29, 1.82) is 0 Å². The van der Waals surface area contributed by atoms with E-state index in [0.717, 1.165) is 25.7 Å². The van der Waals surface area contributed by atoms with Crippen LogP contribution in [-0.2, 0) is 4.74 Å². The van der Waals surface area contributed by atoms with Gasteiger partial charge < -0.3 is 19.6 Å². The van der Waals surface area contributed by atoms with Gasteiger partial charge in [0.1, 0.15) is 6.10 Å². The summed E-state index contributed by atoms with van der Waals surface area (Å²) in [4.78, 5) is 15.9. The first-order valence-electron chi connectivity index (χ1n) is 6.55. The quantitative estimate of drug-likeness (QED) is 0.800. The summed E-state index contributed by atoms with van der Waals surface area (Å²) in [7, 11) is 1.58. The third-order valence-electron chi connectivity index (χ3n) is 3.62. The van der Waals surface area contributed by atoms with E-state index in [1.165, 1.54) is 6.39 Å². The van der Waals surface area contributed by atoms with Crippen LogP contribution < -0.4 is 5.32 Å². The number of nitrogens with zero attached hydrogens (tertiary/aromatic N) is 1. The van der Waals surface area contributed by atoms with Crippen molar-refractivity contribution < 1.29 is 19.1 Å². The van der Waals surface area contributed by atoms with Crippen molar-refractivity contribution in [3.05, 3.63) is 17.8 Å². The van der Waals surface area contributed by atoms with Gasteiger partial charge in [-0.2, -0.15) is 0 Å². The van der Waals surface area contributed by atoms with Crippen LogP contribution in [-0.4, -0.2) is 41.4 Å². The molecule has 0 aromatic carbocycles. The highest BCUT2D eigenvalue weighted by Gasteiger charge is 2.32. The number of carbonyl (C=O) groups is 1. The Labute approximate surface area is 112 Å². The van der Waals surface area contributed by atoms with Crippen LogP contribution >= 0.6 is 0 Å². The number of aromatic nitrogens is 1. The van der Waals surface area contributed by atoms with Crippen LogP contribution in [0.1, 0.15) is 41.9 Å². The minimum Gasteiger partial charge on any atom is -0.438 e. The van der Waals surface area contributed by atoms with Crippen LogP contribution in [0, 0.1) is 6.92 Å². The van der Waals surface area contributed by atoms with Crippen molar-refractivity contribution in [2.75, 3.05) is 7.11 Å². The summed E-state index contributed by atoms with van der Waals surface area (Å²) in [6.45, 7) is 1.71. The Bertz CT molecular complexity index is 432. The molecule has 0 bridgehead atoms. The summed E-state index contributed by atoms with van der Waals surface area (Å²) in [5.74, 6) is -0.138. The second kappa shape index (κ2) is 6.16. The fourth-order valence-electron chi connectivity index (χ4n) is 2.48. The second-order valence-electron chi connectivity index (χ2n) is 4.90. The third kappa shape index (κ3) is 3.13. The van der Waals surface area contributed by atoms with Crippen LogP contribution in [0.2, 0.25) is 0 Å². The van der Waals surface area contributed by atoms with Gasteiger partial charge in [0.25, 0.3) is 5.91 Å². The number of ether oxygens (including phenoxy) is 1. The Morgan fingerprint density at radius 1 is 1.53 bits per heavy atom. The molecule has 2 rings (SSSR count). The Morgan fingerprint density at radius 2 is 2.26 bits per heavy atom. The van der Waals surface area contributed by atoms with Crippen molar-refractivity contribution in [1.82, 2.24) is 10.3 Å². The predicted molar refractivity (Wildman–Crippen MR) is 67.8 cm³/mol. The van der Waals surface area contributed by atoms with Gasteiger partial charge in [-0.15, -0.1) is 0 Å². The largest absolute Gasteiger partial charge is 0.438 e. The normalized spacial score (nSPS) is 27.8. The fraction of sp³-hybridized carbons (Fsp3) is 0.692. The molecule has 1 saturated carbocycles. The molecule has 3 atom stereocenters. The number of aliphatic hydroxyl groups is 1. The highest BCUT2D eigenvalue weighted by molar-refractivity contribution is 5.92. The second-order valence-corrected chi connectivity index (χ2v) is 4.90. The van der Waals surface area contributed by atoms with Gasteiger partial charge in [0.15, 0.2) is 6.39 Å². The summed E-state index contributed by atoms with van der Waals surface area (Å²) >= 11 is 0. The van der Waals surface area contributed by atoms with Gasteiger partial charge in [0.2, 0.25) is 5.76 Å². The SMILES string of the molecule is CO[C@@H]1CCCC[C@@H](NC(=O)c2ocnc2C)[C@H]1O. The lowest BCUT2D eigenvalue weighted by molar-refractivity contribution is -0.0278. The van der Waals surface area contributed by atoms with E-state index in [4.69, 9.17) is 9.15 Å². The van der Waals surface area contributed by atoms with E-state index < -0.39 is 6.10 Å². The number of carbonyl (C=O) groups excluding carboxylic acids is 1. The maximum absolute atomic E-state index is 12.1. The molecule has 1 aromatic rings. The molecule has 1 fully saturated rings. The van der Waals surface area contributed by atoms with E-state index in [9.17, 15) is 9.90 Å². The van der Waals surface area contributed by atoms with Crippen LogP contribution in [0.4, 0.5) is 0 Å². The highest BCUT2D eigenvalue weighted by Crippen LogP contribution is 2.21. The number of hydrogen-bond acceptors (Lipinski definition) is 5. The molecule has 1 aromatic heterocycles. The molecule has 0 saturated heterocycles. The first-order valence-corrected chi connectivity index (χ1v) is 6.55. The predicted octanol–water partition coefficient (Wildman–Crippen LogP) is 1.03. The molecule has 19 heavy (non-hydrogen) atoms. The van der Waals surface area contributed by atoms with Gasteiger partial charge in [-0.05, 0) is 19.8 Å². The van der Waals surface area contributed by atoms with Crippen molar-refractivity contribution in [2.45, 2.75) is 50.9 Å². The minimum atomic E-state index is -0.695. The standard InChI is InChI=1S/C13H20N2O4/c1-8-12(19-7-14-8)13(17)15-9-5-3-4-6-10(18-2)11(9)16/h7,9-11,16H,3-6H2,1-2H3,(H,15,17)/t9-,10-,11-/m1/s1. The number of aliphatic hydroxyl groups excluding tert-OH is 1. The van der Waals surface area contributed by atoms with Gasteiger partial charge in [-0.3, -0.25) is 4.79 Å². The Balaban J connectivity index is 2.04. The number of amides is 1. The highest BCUT2D eigenvalue weighted by atomic mass is 16.5. The minimum absolute atomic E-state index is 0.199. The molecule has 106 valence electrons. The number of hydrogen-bond donors (Lipinski definition) is 2. The number of oxazole rings is 1. The summed E-state index contributed by atoms with van der Waals surface area (Å²) in [5, 5.41) is 13.1. The summed E-state index contributed by atoms with van der Waals surface area (Å²) in [6, 6.07) is -0.315. The Morgan fingerprint density at radius 3 is 2.89 bits per heavy atom. The third-order valence-corrected chi connectivity index (χ3v) is 3.62. The monoisotopic (exact) mass is 268 g/mol. The van der Waals surface area contributed by atoms with Crippen molar-refractivity contribution in [3.8, 4) is 0 Å². The van der Waals surface area contributed by atoms with E-state index in [0.29, 0.717) is 5.69 Å². The Hall–Kier alpha value is -1.40. The molecule has 1 aliphatic rings. The molecule has 1 amide bonds. The number of rotatable bonds is 3. The van der Waals surface area contributed by atoms with Gasteiger partial charge in [-0.25, -0.2) is 4.98 Å². The van der Waals surface area contributed by atoms with E-state index >= 15 is 0 Å². The first-order chi connectivity index (χ1) is 9.13. The lowest BCUT2D eigenvalue weighted by Gasteiger charge is -2.26. The fourth-order valence-corrected chi connectivity index (χ4v) is 2.48. The topological polar surface area (TPSA) is 84.6 Å². The zero-order valence-electron chi connectivity index (χ0n) is 11.3. The zero-order chi connectivity index (χ0) is 13.8. The van der Waals surface area contributed by atoms with Gasteiger partial charge >= 0.3 is 0 Å². The van der Waals surface area contributed by atoms with Crippen LogP contribution in [0.5, 0.6) is 0 Å². The van der Waals surface area contributed by atoms with Crippen molar-refractivity contribution in [2.24, 2.45) is 0 Å². The maximum atomic E-state index is 12.1. The molecule has 1 heterocycles. The van der Waals surface area contributed by atoms with Gasteiger partial charge in [-0.1, -0.05) is 12.8 Å². The maximum Gasteiger partial charge on any atom is 0.289 e. The molecule has 2 N–H and O–H groups in total. The lowest BCUT2D eigenvalue weighted by Crippen LogP contribution is -2.48. The van der Waals surface area contributed by atoms with E-state index in [1.54, 1.807) is 14.0 Å².